The van der Waals surface area contributed by atoms with E-state index in [-0.39, 0.29) is 11.1 Å². The second kappa shape index (κ2) is 3.72. The third-order valence-corrected chi connectivity index (χ3v) is 4.16. The van der Waals surface area contributed by atoms with E-state index in [9.17, 15) is 0 Å². The fraction of sp³-hybridized carbons (Fsp3) is 1.00. The number of hydrogen-bond donors (Lipinski definition) is 1. The molecular formula is C12H24N2O. The molecule has 0 aliphatic carbocycles. The van der Waals surface area contributed by atoms with E-state index in [1.807, 2.05) is 0 Å². The number of nitrogens with zero attached hydrogens (tertiary/aromatic N) is 1. The number of ether oxygens (including phenoxy) is 1. The Labute approximate surface area is 93.2 Å². The molecule has 1 N–H and O–H groups in total. The topological polar surface area (TPSA) is 24.5 Å². The Hall–Kier alpha value is -0.120. The molecule has 0 radical (unpaired) electrons. The van der Waals surface area contributed by atoms with Crippen LogP contribution in [0.2, 0.25) is 0 Å². The highest BCUT2D eigenvalue weighted by Crippen LogP contribution is 2.35. The van der Waals surface area contributed by atoms with Crippen molar-refractivity contribution in [1.82, 2.24) is 10.2 Å². The van der Waals surface area contributed by atoms with Gasteiger partial charge in [0.25, 0.3) is 0 Å². The molecule has 3 nitrogen and oxygen atoms in total. The van der Waals surface area contributed by atoms with Crippen LogP contribution in [0.25, 0.3) is 0 Å². The standard InChI is InChI=1S/C12H24N2O/c1-10-11(2,3)9-13-12(15-10)5-7-14(4)8-6-12/h10,13H,5-9H2,1-4H3. The van der Waals surface area contributed by atoms with Crippen molar-refractivity contribution >= 4 is 0 Å². The summed E-state index contributed by atoms with van der Waals surface area (Å²) in [5.41, 5.74) is 0.232. The Balaban J connectivity index is 2.01. The van der Waals surface area contributed by atoms with Crippen LogP contribution in [0.1, 0.15) is 33.6 Å². The molecule has 15 heavy (non-hydrogen) atoms. The van der Waals surface area contributed by atoms with Gasteiger partial charge in [0.15, 0.2) is 0 Å². The van der Waals surface area contributed by atoms with Gasteiger partial charge in [-0.3, -0.25) is 5.32 Å². The van der Waals surface area contributed by atoms with Gasteiger partial charge in [-0.15, -0.1) is 0 Å². The first-order valence-corrected chi connectivity index (χ1v) is 6.05. The summed E-state index contributed by atoms with van der Waals surface area (Å²) < 4.78 is 6.24. The van der Waals surface area contributed by atoms with Crippen LogP contribution in [0.4, 0.5) is 0 Å². The summed E-state index contributed by atoms with van der Waals surface area (Å²) in [5.74, 6) is 0. The van der Waals surface area contributed by atoms with Gasteiger partial charge in [-0.25, -0.2) is 0 Å². The van der Waals surface area contributed by atoms with Crippen LogP contribution < -0.4 is 5.32 Å². The normalized spacial score (nSPS) is 35.6. The van der Waals surface area contributed by atoms with Crippen molar-refractivity contribution in [2.24, 2.45) is 5.41 Å². The Kier molecular flexibility index (Phi) is 2.82. The van der Waals surface area contributed by atoms with E-state index in [4.69, 9.17) is 4.74 Å². The highest BCUT2D eigenvalue weighted by atomic mass is 16.5. The van der Waals surface area contributed by atoms with Gasteiger partial charge in [0.1, 0.15) is 5.72 Å². The number of nitrogens with one attached hydrogen (secondary N) is 1. The second-order valence-electron chi connectivity index (χ2n) is 5.90. The number of hydrogen-bond acceptors (Lipinski definition) is 3. The maximum atomic E-state index is 6.24. The molecule has 0 saturated carbocycles. The largest absolute Gasteiger partial charge is 0.357 e. The zero-order valence-corrected chi connectivity index (χ0v) is 10.5. The number of piperidine rings is 1. The van der Waals surface area contributed by atoms with Gasteiger partial charge < -0.3 is 9.64 Å². The SMILES string of the molecule is CC1OC2(CCN(C)CC2)NCC1(C)C. The minimum absolute atomic E-state index is 0.0263. The van der Waals surface area contributed by atoms with E-state index >= 15 is 0 Å². The first-order valence-electron chi connectivity index (χ1n) is 6.05. The summed E-state index contributed by atoms with van der Waals surface area (Å²) in [6.07, 6.45) is 2.58. The van der Waals surface area contributed by atoms with Crippen molar-refractivity contribution in [1.29, 1.82) is 0 Å². The molecule has 2 rings (SSSR count). The summed E-state index contributed by atoms with van der Waals surface area (Å²) in [5, 5.41) is 3.63. The lowest BCUT2D eigenvalue weighted by molar-refractivity contribution is -0.199. The molecule has 2 aliphatic heterocycles. The molecule has 0 bridgehead atoms. The number of rotatable bonds is 0. The van der Waals surface area contributed by atoms with Crippen LogP contribution in [0.5, 0.6) is 0 Å². The Morgan fingerprint density at radius 1 is 1.27 bits per heavy atom. The van der Waals surface area contributed by atoms with Crippen LogP contribution in [0.3, 0.4) is 0 Å². The van der Waals surface area contributed by atoms with Crippen molar-refractivity contribution in [2.45, 2.75) is 45.4 Å². The molecule has 0 amide bonds. The van der Waals surface area contributed by atoms with Gasteiger partial charge in [0, 0.05) is 37.9 Å². The van der Waals surface area contributed by atoms with Crippen molar-refractivity contribution in [2.75, 3.05) is 26.7 Å². The molecule has 2 aliphatic rings. The first-order chi connectivity index (χ1) is 6.94. The van der Waals surface area contributed by atoms with Gasteiger partial charge in [-0.1, -0.05) is 13.8 Å². The lowest BCUT2D eigenvalue weighted by atomic mass is 9.83. The van der Waals surface area contributed by atoms with Gasteiger partial charge in [-0.05, 0) is 14.0 Å². The fourth-order valence-electron chi connectivity index (χ4n) is 2.35. The molecular weight excluding hydrogens is 188 g/mol. The Morgan fingerprint density at radius 2 is 1.87 bits per heavy atom. The van der Waals surface area contributed by atoms with E-state index in [0.717, 1.165) is 32.5 Å². The van der Waals surface area contributed by atoms with Crippen molar-refractivity contribution in [3.63, 3.8) is 0 Å². The summed E-state index contributed by atoms with van der Waals surface area (Å²) in [6.45, 7) is 10.1. The quantitative estimate of drug-likeness (QED) is 0.657. The number of likely N-dealkylation sites (tertiary alicyclic amines) is 1. The Bertz CT molecular complexity index is 232. The van der Waals surface area contributed by atoms with Crippen molar-refractivity contribution < 1.29 is 4.74 Å². The highest BCUT2D eigenvalue weighted by molar-refractivity contribution is 4.94. The zero-order chi connectivity index (χ0) is 11.1. The Morgan fingerprint density at radius 3 is 2.40 bits per heavy atom. The van der Waals surface area contributed by atoms with Gasteiger partial charge in [0.05, 0.1) is 6.10 Å². The van der Waals surface area contributed by atoms with Crippen LogP contribution in [0, 0.1) is 5.41 Å². The minimum atomic E-state index is -0.0263. The van der Waals surface area contributed by atoms with Gasteiger partial charge in [-0.2, -0.15) is 0 Å². The molecule has 1 spiro atoms. The maximum Gasteiger partial charge on any atom is 0.122 e. The lowest BCUT2D eigenvalue weighted by Crippen LogP contribution is -2.63. The third-order valence-electron chi connectivity index (χ3n) is 4.16. The summed E-state index contributed by atoms with van der Waals surface area (Å²) in [6, 6.07) is 0. The van der Waals surface area contributed by atoms with Crippen LogP contribution in [-0.4, -0.2) is 43.4 Å². The fourth-order valence-corrected chi connectivity index (χ4v) is 2.35. The smallest absolute Gasteiger partial charge is 0.122 e. The molecule has 88 valence electrons. The predicted molar refractivity (Wildman–Crippen MR) is 61.8 cm³/mol. The van der Waals surface area contributed by atoms with E-state index < -0.39 is 0 Å². The van der Waals surface area contributed by atoms with E-state index in [1.54, 1.807) is 0 Å². The van der Waals surface area contributed by atoms with Crippen molar-refractivity contribution in [3.05, 3.63) is 0 Å². The molecule has 2 saturated heterocycles. The molecule has 0 aromatic carbocycles. The van der Waals surface area contributed by atoms with E-state index in [1.165, 1.54) is 0 Å². The summed E-state index contributed by atoms with van der Waals surface area (Å²) in [7, 11) is 2.18. The molecule has 1 unspecified atom stereocenters. The van der Waals surface area contributed by atoms with Crippen LogP contribution >= 0.6 is 0 Å². The molecule has 1 atom stereocenters. The van der Waals surface area contributed by atoms with Crippen molar-refractivity contribution in [3.8, 4) is 0 Å². The summed E-state index contributed by atoms with van der Waals surface area (Å²) in [4.78, 5) is 2.38. The minimum Gasteiger partial charge on any atom is -0.357 e. The molecule has 2 heterocycles. The zero-order valence-electron chi connectivity index (χ0n) is 10.5. The van der Waals surface area contributed by atoms with E-state index in [2.05, 4.69) is 38.0 Å². The lowest BCUT2D eigenvalue weighted by Gasteiger charge is -2.51. The third kappa shape index (κ3) is 2.19. The average Bonchev–Trinajstić information content (AvgIpc) is 2.18. The van der Waals surface area contributed by atoms with Gasteiger partial charge in [0.2, 0.25) is 0 Å². The second-order valence-corrected chi connectivity index (χ2v) is 5.90. The van der Waals surface area contributed by atoms with Gasteiger partial charge >= 0.3 is 0 Å². The predicted octanol–water partition coefficient (Wildman–Crippen LogP) is 1.44. The van der Waals surface area contributed by atoms with E-state index in [0.29, 0.717) is 6.10 Å². The van der Waals surface area contributed by atoms with Crippen LogP contribution in [0.15, 0.2) is 0 Å². The monoisotopic (exact) mass is 212 g/mol. The maximum absolute atomic E-state index is 6.24. The summed E-state index contributed by atoms with van der Waals surface area (Å²) >= 11 is 0. The first kappa shape index (κ1) is 11.4. The molecule has 0 aromatic heterocycles. The molecule has 2 fully saturated rings. The highest BCUT2D eigenvalue weighted by Gasteiger charge is 2.44. The molecule has 3 heteroatoms. The average molecular weight is 212 g/mol. The molecule has 0 aromatic rings. The van der Waals surface area contributed by atoms with Crippen LogP contribution in [-0.2, 0) is 4.74 Å².